The van der Waals surface area contributed by atoms with E-state index < -0.39 is 0 Å². The van der Waals surface area contributed by atoms with Crippen molar-refractivity contribution < 1.29 is 4.39 Å². The van der Waals surface area contributed by atoms with E-state index in [0.29, 0.717) is 5.95 Å². The molecule has 0 saturated carbocycles. The fourth-order valence-electron chi connectivity index (χ4n) is 3.65. The number of imidazole rings is 1. The average molecular weight is 425 g/mol. The minimum Gasteiger partial charge on any atom is -0.354 e. The van der Waals surface area contributed by atoms with Crippen molar-refractivity contribution >= 4 is 22.2 Å². The molecule has 0 aliphatic carbocycles. The molecule has 4 rings (SSSR count). The summed E-state index contributed by atoms with van der Waals surface area (Å²) in [4.78, 5) is 17.0. The standard InChI is InChI=1S/C22H25FN6S/c1-22(2,14-28(3)4)13-25-20-24-10-9-17(26-20)19-18(15-5-7-16(23)8-6-15)27-21-29(19)11-12-30-21/h5-12H,13-14H2,1-4H3,(H,24,25,26). The van der Waals surface area contributed by atoms with E-state index in [1.54, 1.807) is 29.7 Å². The van der Waals surface area contributed by atoms with Crippen molar-refractivity contribution in [3.63, 3.8) is 0 Å². The summed E-state index contributed by atoms with van der Waals surface area (Å²) in [7, 11) is 4.14. The zero-order valence-electron chi connectivity index (χ0n) is 17.6. The number of benzene rings is 1. The van der Waals surface area contributed by atoms with Gasteiger partial charge >= 0.3 is 0 Å². The monoisotopic (exact) mass is 424 g/mol. The maximum atomic E-state index is 13.4. The number of hydrogen-bond acceptors (Lipinski definition) is 6. The Morgan fingerprint density at radius 2 is 1.90 bits per heavy atom. The summed E-state index contributed by atoms with van der Waals surface area (Å²) in [5.41, 5.74) is 3.33. The van der Waals surface area contributed by atoms with Gasteiger partial charge in [0, 0.05) is 36.4 Å². The summed E-state index contributed by atoms with van der Waals surface area (Å²) in [5.74, 6) is 0.310. The molecular formula is C22H25FN6S. The van der Waals surface area contributed by atoms with Crippen LogP contribution < -0.4 is 5.32 Å². The van der Waals surface area contributed by atoms with Crippen LogP contribution >= 0.6 is 11.3 Å². The molecule has 0 atom stereocenters. The van der Waals surface area contributed by atoms with Gasteiger partial charge in [-0.05, 0) is 49.8 Å². The maximum Gasteiger partial charge on any atom is 0.223 e. The van der Waals surface area contributed by atoms with E-state index in [1.165, 1.54) is 12.1 Å². The normalized spacial score (nSPS) is 12.1. The van der Waals surface area contributed by atoms with E-state index in [4.69, 9.17) is 9.97 Å². The Morgan fingerprint density at radius 3 is 2.63 bits per heavy atom. The third kappa shape index (κ3) is 4.34. The van der Waals surface area contributed by atoms with Crippen molar-refractivity contribution in [3.05, 3.63) is 53.9 Å². The molecular weight excluding hydrogens is 399 g/mol. The van der Waals surface area contributed by atoms with Crippen molar-refractivity contribution in [1.29, 1.82) is 0 Å². The highest BCUT2D eigenvalue weighted by Gasteiger charge is 2.21. The fourth-order valence-corrected chi connectivity index (χ4v) is 4.36. The molecule has 0 amide bonds. The van der Waals surface area contributed by atoms with Crippen molar-refractivity contribution in [1.82, 2.24) is 24.3 Å². The summed E-state index contributed by atoms with van der Waals surface area (Å²) in [6, 6.07) is 8.27. The lowest BCUT2D eigenvalue weighted by atomic mass is 9.93. The number of anilines is 1. The van der Waals surface area contributed by atoms with E-state index in [1.807, 2.05) is 22.0 Å². The van der Waals surface area contributed by atoms with Gasteiger partial charge in [0.2, 0.25) is 5.95 Å². The molecule has 3 heterocycles. The van der Waals surface area contributed by atoms with E-state index in [-0.39, 0.29) is 11.2 Å². The molecule has 0 aliphatic heterocycles. The van der Waals surface area contributed by atoms with Crippen LogP contribution in [0.25, 0.3) is 27.6 Å². The van der Waals surface area contributed by atoms with Gasteiger partial charge in [0.1, 0.15) is 11.5 Å². The lowest BCUT2D eigenvalue weighted by molar-refractivity contribution is 0.254. The van der Waals surface area contributed by atoms with Crippen molar-refractivity contribution in [2.24, 2.45) is 5.41 Å². The van der Waals surface area contributed by atoms with Crippen LogP contribution in [0.2, 0.25) is 0 Å². The van der Waals surface area contributed by atoms with Crippen molar-refractivity contribution in [3.8, 4) is 22.6 Å². The van der Waals surface area contributed by atoms with Crippen molar-refractivity contribution in [2.45, 2.75) is 13.8 Å². The Balaban J connectivity index is 1.69. The smallest absolute Gasteiger partial charge is 0.223 e. The summed E-state index contributed by atoms with van der Waals surface area (Å²) in [6.45, 7) is 6.12. The third-order valence-corrected chi connectivity index (χ3v) is 5.50. The Bertz CT molecular complexity index is 1150. The number of nitrogens with one attached hydrogen (secondary N) is 1. The summed E-state index contributed by atoms with van der Waals surface area (Å²) >= 11 is 1.55. The Labute approximate surface area is 179 Å². The van der Waals surface area contributed by atoms with Gasteiger partial charge in [-0.25, -0.2) is 19.3 Å². The highest BCUT2D eigenvalue weighted by atomic mass is 32.1. The zero-order chi connectivity index (χ0) is 21.3. The molecule has 1 aromatic carbocycles. The van der Waals surface area contributed by atoms with Gasteiger partial charge in [0.15, 0.2) is 4.96 Å². The number of thiazole rings is 1. The second-order valence-corrected chi connectivity index (χ2v) is 9.27. The van der Waals surface area contributed by atoms with E-state index in [0.717, 1.165) is 40.7 Å². The lowest BCUT2D eigenvalue weighted by Crippen LogP contribution is -2.34. The van der Waals surface area contributed by atoms with Crippen LogP contribution in [-0.4, -0.2) is 51.4 Å². The molecule has 0 unspecified atom stereocenters. The summed E-state index contributed by atoms with van der Waals surface area (Å²) < 4.78 is 15.4. The molecule has 30 heavy (non-hydrogen) atoms. The molecule has 1 N–H and O–H groups in total. The SMILES string of the molecule is CN(C)CC(C)(C)CNc1nccc(-c2c(-c3ccc(F)cc3)nc3sccn23)n1. The second-order valence-electron chi connectivity index (χ2n) is 8.39. The van der Waals surface area contributed by atoms with Crippen LogP contribution in [0.1, 0.15) is 13.8 Å². The molecule has 3 aromatic heterocycles. The van der Waals surface area contributed by atoms with Gasteiger partial charge in [-0.1, -0.05) is 13.8 Å². The van der Waals surface area contributed by atoms with Crippen LogP contribution in [0.4, 0.5) is 10.3 Å². The predicted octanol–water partition coefficient (Wildman–Crippen LogP) is 4.66. The molecule has 0 saturated heterocycles. The molecule has 0 bridgehead atoms. The van der Waals surface area contributed by atoms with Gasteiger partial charge in [-0.15, -0.1) is 11.3 Å². The second kappa shape index (κ2) is 8.12. The summed E-state index contributed by atoms with van der Waals surface area (Å²) in [5, 5.41) is 5.37. The molecule has 0 spiro atoms. The van der Waals surface area contributed by atoms with E-state index in [9.17, 15) is 4.39 Å². The molecule has 0 aliphatic rings. The van der Waals surface area contributed by atoms with Crippen LogP contribution in [0.15, 0.2) is 48.1 Å². The first kappa shape index (κ1) is 20.4. The van der Waals surface area contributed by atoms with E-state index in [2.05, 4.69) is 43.1 Å². The van der Waals surface area contributed by atoms with Gasteiger partial charge in [0.25, 0.3) is 0 Å². The number of hydrogen-bond donors (Lipinski definition) is 1. The Hall–Kier alpha value is -2.84. The average Bonchev–Trinajstić information content (AvgIpc) is 3.27. The number of halogens is 1. The zero-order valence-corrected chi connectivity index (χ0v) is 18.4. The number of fused-ring (bicyclic) bond motifs is 1. The molecule has 0 radical (unpaired) electrons. The first-order valence-electron chi connectivity index (χ1n) is 9.76. The topological polar surface area (TPSA) is 58.3 Å². The Morgan fingerprint density at radius 1 is 1.13 bits per heavy atom. The minimum atomic E-state index is -0.268. The lowest BCUT2D eigenvalue weighted by Gasteiger charge is -2.28. The quantitative estimate of drug-likeness (QED) is 0.468. The van der Waals surface area contributed by atoms with Crippen LogP contribution in [0.3, 0.4) is 0 Å². The summed E-state index contributed by atoms with van der Waals surface area (Å²) in [6.07, 6.45) is 3.73. The largest absolute Gasteiger partial charge is 0.354 e. The minimum absolute atomic E-state index is 0.0688. The van der Waals surface area contributed by atoms with Gasteiger partial charge < -0.3 is 10.2 Å². The molecule has 4 aromatic rings. The fraction of sp³-hybridized carbons (Fsp3) is 0.318. The highest BCUT2D eigenvalue weighted by Crippen LogP contribution is 2.33. The predicted molar refractivity (Wildman–Crippen MR) is 120 cm³/mol. The number of rotatable bonds is 7. The molecule has 6 nitrogen and oxygen atoms in total. The van der Waals surface area contributed by atoms with E-state index >= 15 is 0 Å². The van der Waals surface area contributed by atoms with Gasteiger partial charge in [-0.2, -0.15) is 0 Å². The first-order valence-corrected chi connectivity index (χ1v) is 10.6. The van der Waals surface area contributed by atoms with Gasteiger partial charge in [-0.3, -0.25) is 4.40 Å². The van der Waals surface area contributed by atoms with Crippen LogP contribution in [-0.2, 0) is 0 Å². The number of nitrogens with zero attached hydrogens (tertiary/aromatic N) is 5. The Kier molecular flexibility index (Phi) is 5.53. The highest BCUT2D eigenvalue weighted by molar-refractivity contribution is 7.15. The van der Waals surface area contributed by atoms with Crippen LogP contribution in [0.5, 0.6) is 0 Å². The molecule has 156 valence electrons. The first-order chi connectivity index (χ1) is 14.3. The number of aromatic nitrogens is 4. The van der Waals surface area contributed by atoms with Gasteiger partial charge in [0.05, 0.1) is 11.4 Å². The van der Waals surface area contributed by atoms with Crippen molar-refractivity contribution in [2.75, 3.05) is 32.5 Å². The molecule has 8 heteroatoms. The van der Waals surface area contributed by atoms with Crippen LogP contribution in [0, 0.1) is 11.2 Å². The maximum absolute atomic E-state index is 13.4. The molecule has 0 fully saturated rings. The third-order valence-electron chi connectivity index (χ3n) is 4.75.